The number of likely N-dealkylation sites (N-methyl/N-ethyl adjacent to an activating group) is 1. The zero-order chi connectivity index (χ0) is 23.3. The largest absolute Gasteiger partial charge is 0.344 e. The van der Waals surface area contributed by atoms with Crippen LogP contribution in [0.2, 0.25) is 0 Å². The Kier molecular flexibility index (Phi) is 7.88. The van der Waals surface area contributed by atoms with E-state index in [0.717, 1.165) is 36.7 Å². The van der Waals surface area contributed by atoms with Crippen LogP contribution in [0, 0.1) is 5.92 Å². The Morgan fingerprint density at radius 2 is 2.00 bits per heavy atom. The summed E-state index contributed by atoms with van der Waals surface area (Å²) in [7, 11) is 1.61. The molecular formula is C24H35N5O3. The summed E-state index contributed by atoms with van der Waals surface area (Å²) in [5, 5.41) is 2.82. The van der Waals surface area contributed by atoms with E-state index in [-0.39, 0.29) is 30.2 Å². The zero-order valence-corrected chi connectivity index (χ0v) is 19.6. The van der Waals surface area contributed by atoms with Crippen molar-refractivity contribution in [1.82, 2.24) is 20.2 Å². The van der Waals surface area contributed by atoms with Crippen molar-refractivity contribution in [3.63, 3.8) is 0 Å². The lowest BCUT2D eigenvalue weighted by Gasteiger charge is -2.34. The summed E-state index contributed by atoms with van der Waals surface area (Å²) in [4.78, 5) is 49.8. The number of nitrogens with zero attached hydrogens (tertiary/aromatic N) is 3. The van der Waals surface area contributed by atoms with Crippen LogP contribution in [-0.2, 0) is 14.4 Å². The Hall–Kier alpha value is -2.90. The lowest BCUT2D eigenvalue weighted by Crippen LogP contribution is -2.52. The second-order valence-corrected chi connectivity index (χ2v) is 9.16. The highest BCUT2D eigenvalue weighted by molar-refractivity contribution is 6.01. The first kappa shape index (κ1) is 23.8. The topological polar surface area (TPSA) is 98.4 Å². The van der Waals surface area contributed by atoms with Gasteiger partial charge in [-0.2, -0.15) is 0 Å². The smallest absolute Gasteiger partial charge is 0.252 e. The molecule has 1 aliphatic rings. The van der Waals surface area contributed by atoms with Gasteiger partial charge in [-0.05, 0) is 50.7 Å². The van der Waals surface area contributed by atoms with Crippen LogP contribution in [0.3, 0.4) is 0 Å². The van der Waals surface area contributed by atoms with Gasteiger partial charge in [0.05, 0.1) is 17.5 Å². The number of benzene rings is 1. The number of carbonyl (C=O) groups excluding carboxylic acids is 3. The van der Waals surface area contributed by atoms with Crippen molar-refractivity contribution in [2.24, 2.45) is 5.92 Å². The Morgan fingerprint density at radius 3 is 2.69 bits per heavy atom. The summed E-state index contributed by atoms with van der Waals surface area (Å²) in [6, 6.07) is 6.73. The van der Waals surface area contributed by atoms with Crippen LogP contribution in [-0.4, -0.2) is 58.3 Å². The summed E-state index contributed by atoms with van der Waals surface area (Å²) in [6.45, 7) is 6.83. The van der Waals surface area contributed by atoms with Gasteiger partial charge in [0, 0.05) is 26.1 Å². The third-order valence-electron chi connectivity index (χ3n) is 6.11. The number of likely N-dealkylation sites (tertiary alicyclic amines) is 1. The van der Waals surface area contributed by atoms with E-state index >= 15 is 0 Å². The Morgan fingerprint density at radius 1 is 1.25 bits per heavy atom. The number of carbonyl (C=O) groups is 3. The fourth-order valence-electron chi connectivity index (χ4n) is 4.08. The number of H-pyrrole nitrogens is 1. The van der Waals surface area contributed by atoms with Crippen molar-refractivity contribution < 1.29 is 14.4 Å². The number of aromatic amines is 1. The number of hydrogen-bond acceptors (Lipinski definition) is 4. The molecule has 1 saturated heterocycles. The van der Waals surface area contributed by atoms with E-state index in [2.05, 4.69) is 15.3 Å². The normalized spacial score (nSPS) is 17.4. The molecule has 3 amide bonds. The average Bonchev–Trinajstić information content (AvgIpc) is 3.20. The van der Waals surface area contributed by atoms with Gasteiger partial charge < -0.3 is 15.2 Å². The lowest BCUT2D eigenvalue weighted by molar-refractivity contribution is -0.138. The third-order valence-corrected chi connectivity index (χ3v) is 6.11. The maximum Gasteiger partial charge on any atom is 0.252 e. The highest BCUT2D eigenvalue weighted by atomic mass is 16.2. The Bertz CT molecular complexity index is 921. The van der Waals surface area contributed by atoms with Gasteiger partial charge in [0.25, 0.3) is 5.91 Å². The number of imidazole rings is 1. The van der Waals surface area contributed by atoms with Gasteiger partial charge in [0.2, 0.25) is 17.8 Å². The molecular weight excluding hydrogens is 406 g/mol. The molecule has 1 fully saturated rings. The zero-order valence-electron chi connectivity index (χ0n) is 19.6. The molecule has 8 heteroatoms. The highest BCUT2D eigenvalue weighted by Crippen LogP contribution is 2.20. The maximum atomic E-state index is 13.4. The molecule has 0 bridgehead atoms. The molecule has 32 heavy (non-hydrogen) atoms. The molecule has 2 N–H and O–H groups in total. The first-order chi connectivity index (χ1) is 15.3. The monoisotopic (exact) mass is 441 g/mol. The van der Waals surface area contributed by atoms with E-state index in [1.165, 1.54) is 4.90 Å². The van der Waals surface area contributed by atoms with Crippen LogP contribution in [0.1, 0.15) is 59.3 Å². The molecule has 2 aromatic rings. The van der Waals surface area contributed by atoms with Crippen LogP contribution < -0.4 is 10.2 Å². The van der Waals surface area contributed by atoms with Crippen LogP contribution in [0.4, 0.5) is 5.95 Å². The molecule has 0 spiro atoms. The summed E-state index contributed by atoms with van der Waals surface area (Å²) < 4.78 is 0. The van der Waals surface area contributed by atoms with E-state index in [1.54, 1.807) is 7.05 Å². The van der Waals surface area contributed by atoms with Gasteiger partial charge in [-0.25, -0.2) is 4.98 Å². The second-order valence-electron chi connectivity index (χ2n) is 9.16. The first-order valence-electron chi connectivity index (χ1n) is 11.6. The molecule has 0 saturated carbocycles. The summed E-state index contributed by atoms with van der Waals surface area (Å²) in [6.07, 6.45) is 4.03. The fourth-order valence-corrected chi connectivity index (χ4v) is 4.08. The number of amides is 3. The van der Waals surface area contributed by atoms with Gasteiger partial charge in [0.1, 0.15) is 6.04 Å². The minimum absolute atomic E-state index is 0.0544. The van der Waals surface area contributed by atoms with Gasteiger partial charge in [-0.15, -0.1) is 0 Å². The predicted octanol–water partition coefficient (Wildman–Crippen LogP) is 3.24. The quantitative estimate of drug-likeness (QED) is 0.657. The van der Waals surface area contributed by atoms with Gasteiger partial charge >= 0.3 is 0 Å². The van der Waals surface area contributed by atoms with Crippen LogP contribution in [0.15, 0.2) is 24.3 Å². The molecule has 8 nitrogen and oxygen atoms in total. The highest BCUT2D eigenvalue weighted by Gasteiger charge is 2.32. The Labute approximate surface area is 189 Å². The van der Waals surface area contributed by atoms with E-state index < -0.39 is 6.04 Å². The number of piperidine rings is 1. The van der Waals surface area contributed by atoms with Crippen molar-refractivity contribution in [2.45, 2.75) is 71.4 Å². The van der Waals surface area contributed by atoms with Crippen molar-refractivity contribution in [1.29, 1.82) is 0 Å². The summed E-state index contributed by atoms with van der Waals surface area (Å²) >= 11 is 0. The molecule has 3 rings (SSSR count). The standard InChI is InChI=1S/C24H35N5O3/c1-16(2)12-13-21(30)25-20(15-22(31)29-14-8-7-9-17(29)3)23(32)28(4)24-26-18-10-5-6-11-19(18)27-24/h5-6,10-11,16-17,20H,7-9,12-15H2,1-4H3,(H,25,30)(H,26,27)/t17-,20-/m0/s1. The molecule has 1 aromatic heterocycles. The molecule has 174 valence electrons. The first-order valence-corrected chi connectivity index (χ1v) is 11.6. The number of anilines is 1. The van der Waals surface area contributed by atoms with Crippen LogP contribution in [0.5, 0.6) is 0 Å². The number of hydrogen-bond donors (Lipinski definition) is 2. The van der Waals surface area contributed by atoms with Crippen molar-refractivity contribution in [3.8, 4) is 0 Å². The van der Waals surface area contributed by atoms with E-state index in [1.807, 2.05) is 49.9 Å². The van der Waals surface area contributed by atoms with Crippen molar-refractivity contribution in [2.75, 3.05) is 18.5 Å². The van der Waals surface area contributed by atoms with E-state index in [9.17, 15) is 14.4 Å². The second kappa shape index (κ2) is 10.6. The molecule has 0 radical (unpaired) electrons. The summed E-state index contributed by atoms with van der Waals surface area (Å²) in [5.41, 5.74) is 1.57. The van der Waals surface area contributed by atoms with E-state index in [4.69, 9.17) is 0 Å². The number of para-hydroxylation sites is 2. The number of fused-ring (bicyclic) bond motifs is 1. The maximum absolute atomic E-state index is 13.4. The number of nitrogens with one attached hydrogen (secondary N) is 2. The minimum Gasteiger partial charge on any atom is -0.344 e. The SMILES string of the molecule is CC(C)CCC(=O)N[C@@H](CC(=O)N1CCCC[C@@H]1C)C(=O)N(C)c1nc2ccccc2[nH]1. The number of rotatable bonds is 8. The fraction of sp³-hybridized carbons (Fsp3) is 0.583. The Balaban J connectivity index is 1.76. The van der Waals surface area contributed by atoms with Gasteiger partial charge in [0.15, 0.2) is 0 Å². The minimum atomic E-state index is -0.936. The number of aromatic nitrogens is 2. The van der Waals surface area contributed by atoms with Crippen molar-refractivity contribution >= 4 is 34.7 Å². The molecule has 2 heterocycles. The van der Waals surface area contributed by atoms with Crippen LogP contribution in [0.25, 0.3) is 11.0 Å². The van der Waals surface area contributed by atoms with Crippen LogP contribution >= 0.6 is 0 Å². The van der Waals surface area contributed by atoms with Gasteiger partial charge in [-0.3, -0.25) is 19.3 Å². The average molecular weight is 442 g/mol. The molecule has 0 aliphatic carbocycles. The summed E-state index contributed by atoms with van der Waals surface area (Å²) in [5.74, 6) is 0.0904. The molecule has 2 atom stereocenters. The van der Waals surface area contributed by atoms with E-state index in [0.29, 0.717) is 24.8 Å². The third kappa shape index (κ3) is 5.87. The molecule has 1 aliphatic heterocycles. The van der Waals surface area contributed by atoms with Crippen molar-refractivity contribution in [3.05, 3.63) is 24.3 Å². The molecule has 1 aromatic carbocycles. The lowest BCUT2D eigenvalue weighted by atomic mass is 10.0. The predicted molar refractivity (Wildman–Crippen MR) is 125 cm³/mol. The van der Waals surface area contributed by atoms with Gasteiger partial charge in [-0.1, -0.05) is 26.0 Å². The molecule has 0 unspecified atom stereocenters.